The minimum absolute atomic E-state index is 0.482. The van der Waals surface area contributed by atoms with Crippen molar-refractivity contribution in [3.05, 3.63) is 52.5 Å². The van der Waals surface area contributed by atoms with E-state index in [0.717, 1.165) is 34.1 Å². The van der Waals surface area contributed by atoms with Gasteiger partial charge in [-0.25, -0.2) is 4.98 Å². The molecule has 1 N–H and O–H groups in total. The summed E-state index contributed by atoms with van der Waals surface area (Å²) in [6, 6.07) is 7.03. The van der Waals surface area contributed by atoms with E-state index in [1.165, 1.54) is 50.8 Å². The maximum Gasteiger partial charge on any atom is 0.171 e. The number of anilines is 1. The van der Waals surface area contributed by atoms with Crippen LogP contribution in [-0.4, -0.2) is 43.6 Å². The molecule has 1 saturated heterocycles. The first-order valence-corrected chi connectivity index (χ1v) is 11.5. The van der Waals surface area contributed by atoms with Crippen molar-refractivity contribution < 1.29 is 0 Å². The van der Waals surface area contributed by atoms with E-state index in [2.05, 4.69) is 48.4 Å². The van der Waals surface area contributed by atoms with Crippen LogP contribution in [0.4, 0.5) is 5.82 Å². The van der Waals surface area contributed by atoms with Crippen LogP contribution in [0.5, 0.6) is 0 Å². The Hall–Kier alpha value is -1.99. The van der Waals surface area contributed by atoms with Gasteiger partial charge in [0.15, 0.2) is 5.65 Å². The van der Waals surface area contributed by atoms with E-state index in [4.69, 9.17) is 4.98 Å². The van der Waals surface area contributed by atoms with E-state index >= 15 is 0 Å². The largest absolute Gasteiger partial charge is 0.366 e. The maximum absolute atomic E-state index is 5.01. The molecule has 29 heavy (non-hydrogen) atoms. The number of aromatic nitrogens is 4. The lowest BCUT2D eigenvalue weighted by Gasteiger charge is -2.36. The topological polar surface area (TPSA) is 58.4 Å². The van der Waals surface area contributed by atoms with Crippen molar-refractivity contribution in [3.63, 3.8) is 0 Å². The molecular weight excluding hydrogens is 428 g/mol. The van der Waals surface area contributed by atoms with E-state index < -0.39 is 0 Å². The summed E-state index contributed by atoms with van der Waals surface area (Å²) in [5, 5.41) is 8.06. The van der Waals surface area contributed by atoms with Crippen LogP contribution in [0.3, 0.4) is 0 Å². The van der Waals surface area contributed by atoms with Crippen molar-refractivity contribution in [1.29, 1.82) is 0 Å². The summed E-state index contributed by atoms with van der Waals surface area (Å²) in [5.74, 6) is 1.47. The molecule has 1 aliphatic carbocycles. The highest BCUT2D eigenvalue weighted by Gasteiger charge is 2.29. The van der Waals surface area contributed by atoms with Crippen molar-refractivity contribution in [1.82, 2.24) is 24.5 Å². The van der Waals surface area contributed by atoms with Crippen LogP contribution in [0.25, 0.3) is 5.65 Å². The quantitative estimate of drug-likeness (QED) is 0.609. The highest BCUT2D eigenvalue weighted by molar-refractivity contribution is 9.10. The fourth-order valence-corrected chi connectivity index (χ4v) is 5.18. The summed E-state index contributed by atoms with van der Waals surface area (Å²) >= 11 is 3.63. The second-order valence-electron chi connectivity index (χ2n) is 8.28. The summed E-state index contributed by atoms with van der Waals surface area (Å²) < 4.78 is 2.83. The SMILES string of the molecule is Brc1cnn2c(NCc3cccnc3)cc(C3CCCN(C4CCCC4)C3)nc12. The third-order valence-electron chi connectivity index (χ3n) is 6.36. The normalized spacial score (nSPS) is 21.1. The molecule has 1 atom stereocenters. The highest BCUT2D eigenvalue weighted by atomic mass is 79.9. The molecule has 3 aromatic heterocycles. The number of nitrogens with zero attached hydrogens (tertiary/aromatic N) is 5. The van der Waals surface area contributed by atoms with Gasteiger partial charge in [0.1, 0.15) is 5.82 Å². The molecule has 0 radical (unpaired) electrons. The molecule has 1 saturated carbocycles. The van der Waals surface area contributed by atoms with Crippen LogP contribution >= 0.6 is 15.9 Å². The van der Waals surface area contributed by atoms with Gasteiger partial charge in [-0.1, -0.05) is 18.9 Å². The van der Waals surface area contributed by atoms with Crippen molar-refractivity contribution in [2.45, 2.75) is 57.0 Å². The van der Waals surface area contributed by atoms with Gasteiger partial charge < -0.3 is 5.32 Å². The Morgan fingerprint density at radius 3 is 2.86 bits per heavy atom. The van der Waals surface area contributed by atoms with E-state index in [1.54, 1.807) is 6.20 Å². The number of likely N-dealkylation sites (tertiary alicyclic amines) is 1. The smallest absolute Gasteiger partial charge is 0.171 e. The lowest BCUT2D eigenvalue weighted by atomic mass is 9.93. The van der Waals surface area contributed by atoms with Crippen molar-refractivity contribution in [2.24, 2.45) is 0 Å². The van der Waals surface area contributed by atoms with Crippen LogP contribution in [-0.2, 0) is 6.54 Å². The number of rotatable bonds is 5. The predicted molar refractivity (Wildman–Crippen MR) is 118 cm³/mol. The maximum atomic E-state index is 5.01. The number of nitrogens with one attached hydrogen (secondary N) is 1. The lowest BCUT2D eigenvalue weighted by Crippen LogP contribution is -2.40. The number of fused-ring (bicyclic) bond motifs is 1. The second kappa shape index (κ2) is 8.40. The van der Waals surface area contributed by atoms with E-state index in [9.17, 15) is 0 Å². The molecule has 7 heteroatoms. The first kappa shape index (κ1) is 19.0. The number of halogens is 1. The summed E-state index contributed by atoms with van der Waals surface area (Å²) in [5.41, 5.74) is 3.21. The molecule has 6 nitrogen and oxygen atoms in total. The molecule has 152 valence electrons. The number of hydrogen-bond acceptors (Lipinski definition) is 5. The first-order valence-electron chi connectivity index (χ1n) is 10.7. The Morgan fingerprint density at radius 1 is 1.14 bits per heavy atom. The number of piperidine rings is 1. The molecular formula is C22H27BrN6. The predicted octanol–water partition coefficient (Wildman–Crippen LogP) is 4.62. The molecule has 2 fully saturated rings. The number of pyridine rings is 1. The van der Waals surface area contributed by atoms with E-state index in [-0.39, 0.29) is 0 Å². The molecule has 1 unspecified atom stereocenters. The zero-order valence-corrected chi connectivity index (χ0v) is 18.2. The Morgan fingerprint density at radius 2 is 2.03 bits per heavy atom. The van der Waals surface area contributed by atoms with E-state index in [0.29, 0.717) is 12.5 Å². The van der Waals surface area contributed by atoms with Crippen molar-refractivity contribution >= 4 is 27.4 Å². The summed E-state index contributed by atoms with van der Waals surface area (Å²) in [4.78, 5) is 11.9. The molecule has 0 amide bonds. The molecule has 5 rings (SSSR count). The summed E-state index contributed by atoms with van der Waals surface area (Å²) in [7, 11) is 0. The minimum atomic E-state index is 0.482. The Balaban J connectivity index is 1.42. The van der Waals surface area contributed by atoms with Crippen LogP contribution < -0.4 is 5.32 Å². The zero-order chi connectivity index (χ0) is 19.6. The third-order valence-corrected chi connectivity index (χ3v) is 6.92. The second-order valence-corrected chi connectivity index (χ2v) is 9.14. The van der Waals surface area contributed by atoms with Crippen LogP contribution in [0, 0.1) is 0 Å². The number of hydrogen-bond donors (Lipinski definition) is 1. The lowest BCUT2D eigenvalue weighted by molar-refractivity contribution is 0.149. The van der Waals surface area contributed by atoms with Crippen molar-refractivity contribution in [3.8, 4) is 0 Å². The molecule has 3 aromatic rings. The highest BCUT2D eigenvalue weighted by Crippen LogP contribution is 2.33. The van der Waals surface area contributed by atoms with Gasteiger partial charge in [0.2, 0.25) is 0 Å². The molecule has 4 heterocycles. The monoisotopic (exact) mass is 454 g/mol. The van der Waals surface area contributed by atoms with Gasteiger partial charge >= 0.3 is 0 Å². The zero-order valence-electron chi connectivity index (χ0n) is 16.6. The summed E-state index contributed by atoms with van der Waals surface area (Å²) in [6.07, 6.45) is 13.5. The van der Waals surface area contributed by atoms with Gasteiger partial charge in [0.05, 0.1) is 16.4 Å². The molecule has 0 spiro atoms. The van der Waals surface area contributed by atoms with Gasteiger partial charge in [0, 0.05) is 43.5 Å². The average molecular weight is 455 g/mol. The Kier molecular flexibility index (Phi) is 5.50. The van der Waals surface area contributed by atoms with Gasteiger partial charge in [-0.05, 0) is 59.8 Å². The van der Waals surface area contributed by atoms with Gasteiger partial charge in [-0.15, -0.1) is 0 Å². The van der Waals surface area contributed by atoms with Gasteiger partial charge in [0.25, 0.3) is 0 Å². The van der Waals surface area contributed by atoms with Crippen LogP contribution in [0.2, 0.25) is 0 Å². The standard InChI is InChI=1S/C22H27BrN6/c23-19-14-26-29-21(25-13-16-5-3-9-24-12-16)11-20(27-22(19)29)17-6-4-10-28(15-17)18-7-1-2-8-18/h3,5,9,11-12,14,17-18,25H,1-2,4,6-8,10,13,15H2. The van der Waals surface area contributed by atoms with E-state index in [1.807, 2.05) is 23.0 Å². The van der Waals surface area contributed by atoms with Crippen molar-refractivity contribution in [2.75, 3.05) is 18.4 Å². The Labute approximate surface area is 179 Å². The van der Waals surface area contributed by atoms with Crippen LogP contribution in [0.15, 0.2) is 41.3 Å². The first-order chi connectivity index (χ1) is 14.3. The summed E-state index contributed by atoms with van der Waals surface area (Å²) in [6.45, 7) is 3.08. The molecule has 0 bridgehead atoms. The van der Waals surface area contributed by atoms with Crippen LogP contribution in [0.1, 0.15) is 55.7 Å². The van der Waals surface area contributed by atoms with Gasteiger partial charge in [-0.2, -0.15) is 9.61 Å². The fraction of sp³-hybridized carbons (Fsp3) is 0.500. The molecule has 1 aliphatic heterocycles. The third kappa shape index (κ3) is 4.03. The molecule has 2 aliphatic rings. The average Bonchev–Trinajstić information content (AvgIpc) is 3.44. The Bertz CT molecular complexity index is 966. The fourth-order valence-electron chi connectivity index (χ4n) is 4.83. The van der Waals surface area contributed by atoms with Gasteiger partial charge in [-0.3, -0.25) is 9.88 Å². The molecule has 0 aromatic carbocycles. The minimum Gasteiger partial charge on any atom is -0.366 e.